The van der Waals surface area contributed by atoms with Gasteiger partial charge in [0.15, 0.2) is 5.82 Å². The largest absolute Gasteiger partial charge is 0.455 e. The molecule has 4 heteroatoms. The number of para-hydroxylation sites is 4. The highest BCUT2D eigenvalue weighted by Gasteiger charge is 2.16. The molecule has 0 spiro atoms. The van der Waals surface area contributed by atoms with E-state index < -0.39 is 0 Å². The Labute approximate surface area is 288 Å². The average Bonchev–Trinajstić information content (AvgIpc) is 3.74. The first-order chi connectivity index (χ1) is 24.8. The number of nitrogens with zero attached hydrogens (tertiary/aromatic N) is 3. The summed E-state index contributed by atoms with van der Waals surface area (Å²) in [4.78, 5) is 10.2. The zero-order chi connectivity index (χ0) is 33.0. The summed E-state index contributed by atoms with van der Waals surface area (Å²) in [6.45, 7) is 0. The van der Waals surface area contributed by atoms with Crippen LogP contribution in [-0.2, 0) is 0 Å². The van der Waals surface area contributed by atoms with Gasteiger partial charge in [0.05, 0.1) is 22.4 Å². The van der Waals surface area contributed by atoms with E-state index in [4.69, 9.17) is 14.4 Å². The van der Waals surface area contributed by atoms with Gasteiger partial charge in [-0.1, -0.05) is 133 Å². The van der Waals surface area contributed by atoms with E-state index in [0.717, 1.165) is 66.8 Å². The Hall–Kier alpha value is -6.78. The van der Waals surface area contributed by atoms with Crippen molar-refractivity contribution in [3.05, 3.63) is 176 Å². The van der Waals surface area contributed by atoms with E-state index in [1.54, 1.807) is 0 Å². The van der Waals surface area contributed by atoms with Crippen molar-refractivity contribution < 1.29 is 4.42 Å². The van der Waals surface area contributed by atoms with Crippen LogP contribution in [0.25, 0.3) is 94.5 Å². The maximum atomic E-state index is 6.39. The fourth-order valence-electron chi connectivity index (χ4n) is 7.26. The maximum Gasteiger partial charge on any atom is 0.160 e. The van der Waals surface area contributed by atoms with Gasteiger partial charge in [-0.3, -0.25) is 0 Å². The lowest BCUT2D eigenvalue weighted by Crippen LogP contribution is -1.97. The Morgan fingerprint density at radius 3 is 1.74 bits per heavy atom. The third-order valence-electron chi connectivity index (χ3n) is 9.63. The third-order valence-corrected chi connectivity index (χ3v) is 9.63. The van der Waals surface area contributed by atoms with Crippen molar-refractivity contribution in [2.24, 2.45) is 0 Å². The van der Waals surface area contributed by atoms with E-state index in [-0.39, 0.29) is 0 Å². The zero-order valence-electron chi connectivity index (χ0n) is 27.0. The van der Waals surface area contributed by atoms with Crippen molar-refractivity contribution in [1.29, 1.82) is 0 Å². The second-order valence-electron chi connectivity index (χ2n) is 12.6. The summed E-state index contributed by atoms with van der Waals surface area (Å²) in [6.07, 6.45) is 0. The van der Waals surface area contributed by atoms with Gasteiger partial charge in [0, 0.05) is 49.5 Å². The number of fused-ring (bicyclic) bond motifs is 6. The Kier molecular flexibility index (Phi) is 6.46. The highest BCUT2D eigenvalue weighted by atomic mass is 16.3. The summed E-state index contributed by atoms with van der Waals surface area (Å²) in [7, 11) is 0. The van der Waals surface area contributed by atoms with E-state index in [0.29, 0.717) is 5.82 Å². The van der Waals surface area contributed by atoms with Crippen LogP contribution in [0.5, 0.6) is 0 Å². The second-order valence-corrected chi connectivity index (χ2v) is 12.6. The summed E-state index contributed by atoms with van der Waals surface area (Å²) >= 11 is 0. The molecule has 0 aliphatic heterocycles. The molecule has 0 atom stereocenters. The van der Waals surface area contributed by atoms with Gasteiger partial charge in [0.1, 0.15) is 11.2 Å². The fourth-order valence-corrected chi connectivity index (χ4v) is 7.26. The van der Waals surface area contributed by atoms with Crippen LogP contribution < -0.4 is 0 Å². The molecule has 0 aliphatic carbocycles. The molecule has 0 radical (unpaired) electrons. The maximum absolute atomic E-state index is 6.39. The number of rotatable bonds is 5. The standard InChI is InChI=1S/C46H29N3O/c1-2-12-31(13-3-1)46-47-40(30-24-26-34(27-25-30)49-42-21-7-4-16-36(42)37-17-5-8-22-43(37)49)29-41(48-46)33-15-10-14-32(28-33)35-19-11-20-39-38-18-6-9-23-44(38)50-45(35)39/h1-29H. The van der Waals surface area contributed by atoms with E-state index in [1.165, 1.54) is 21.8 Å². The van der Waals surface area contributed by atoms with E-state index >= 15 is 0 Å². The van der Waals surface area contributed by atoms with E-state index in [2.05, 4.69) is 150 Å². The number of hydrogen-bond donors (Lipinski definition) is 0. The monoisotopic (exact) mass is 639 g/mol. The molecule has 0 amide bonds. The molecule has 0 unspecified atom stereocenters. The minimum absolute atomic E-state index is 0.689. The summed E-state index contributed by atoms with van der Waals surface area (Å²) in [5.74, 6) is 0.689. The summed E-state index contributed by atoms with van der Waals surface area (Å²) in [6, 6.07) is 61.3. The molecule has 3 aromatic heterocycles. The molecule has 4 nitrogen and oxygen atoms in total. The molecule has 3 heterocycles. The van der Waals surface area contributed by atoms with Gasteiger partial charge in [-0.15, -0.1) is 0 Å². The molecule has 0 N–H and O–H groups in total. The first-order valence-corrected chi connectivity index (χ1v) is 16.8. The topological polar surface area (TPSA) is 43.9 Å². The highest BCUT2D eigenvalue weighted by Crippen LogP contribution is 2.38. The summed E-state index contributed by atoms with van der Waals surface area (Å²) < 4.78 is 8.73. The Bertz CT molecular complexity index is 2810. The van der Waals surface area contributed by atoms with E-state index in [1.807, 2.05) is 30.3 Å². The summed E-state index contributed by atoms with van der Waals surface area (Å²) in [5, 5.41) is 4.74. The molecule has 7 aromatic carbocycles. The van der Waals surface area contributed by atoms with Crippen LogP contribution in [0.2, 0.25) is 0 Å². The molecule has 10 aromatic rings. The minimum atomic E-state index is 0.689. The predicted octanol–water partition coefficient (Wildman–Crippen LogP) is 12.1. The Morgan fingerprint density at radius 1 is 0.400 bits per heavy atom. The van der Waals surface area contributed by atoms with Crippen LogP contribution in [0, 0.1) is 0 Å². The quantitative estimate of drug-likeness (QED) is 0.188. The smallest absolute Gasteiger partial charge is 0.160 e. The first-order valence-electron chi connectivity index (χ1n) is 16.8. The minimum Gasteiger partial charge on any atom is -0.455 e. The van der Waals surface area contributed by atoms with Crippen molar-refractivity contribution in [3.63, 3.8) is 0 Å². The predicted molar refractivity (Wildman–Crippen MR) is 205 cm³/mol. The molecule has 0 bridgehead atoms. The average molecular weight is 640 g/mol. The molecule has 234 valence electrons. The van der Waals surface area contributed by atoms with Gasteiger partial charge in [-0.2, -0.15) is 0 Å². The van der Waals surface area contributed by atoms with Gasteiger partial charge in [-0.05, 0) is 48.0 Å². The number of aromatic nitrogens is 3. The van der Waals surface area contributed by atoms with Gasteiger partial charge >= 0.3 is 0 Å². The lowest BCUT2D eigenvalue weighted by Gasteiger charge is -2.12. The van der Waals surface area contributed by atoms with Crippen molar-refractivity contribution in [2.45, 2.75) is 0 Å². The van der Waals surface area contributed by atoms with Crippen molar-refractivity contribution in [2.75, 3.05) is 0 Å². The second kappa shape index (κ2) is 11.4. The van der Waals surface area contributed by atoms with Gasteiger partial charge < -0.3 is 8.98 Å². The SMILES string of the molecule is c1ccc(-c2nc(-c3ccc(-n4c5ccccc5c5ccccc54)cc3)cc(-c3cccc(-c4cccc5c4oc4ccccc45)c3)n2)cc1. The van der Waals surface area contributed by atoms with E-state index in [9.17, 15) is 0 Å². The highest BCUT2D eigenvalue weighted by molar-refractivity contribution is 6.10. The first kappa shape index (κ1) is 28.3. The van der Waals surface area contributed by atoms with Crippen LogP contribution in [0.3, 0.4) is 0 Å². The van der Waals surface area contributed by atoms with Crippen molar-refractivity contribution in [3.8, 4) is 50.7 Å². The van der Waals surface area contributed by atoms with Gasteiger partial charge in [0.2, 0.25) is 0 Å². The van der Waals surface area contributed by atoms with Crippen LogP contribution in [-0.4, -0.2) is 14.5 Å². The number of furan rings is 1. The molecule has 10 rings (SSSR count). The molecular formula is C46H29N3O. The molecule has 50 heavy (non-hydrogen) atoms. The molecule has 0 saturated carbocycles. The molecule has 0 saturated heterocycles. The lowest BCUT2D eigenvalue weighted by atomic mass is 9.99. The van der Waals surface area contributed by atoms with Crippen LogP contribution in [0.4, 0.5) is 0 Å². The molecule has 0 aliphatic rings. The lowest BCUT2D eigenvalue weighted by molar-refractivity contribution is 0.670. The van der Waals surface area contributed by atoms with Crippen molar-refractivity contribution in [1.82, 2.24) is 14.5 Å². The molecule has 0 fully saturated rings. The molecular weight excluding hydrogens is 611 g/mol. The normalized spacial score (nSPS) is 11.6. The van der Waals surface area contributed by atoms with Crippen LogP contribution >= 0.6 is 0 Å². The Morgan fingerprint density at radius 2 is 0.980 bits per heavy atom. The Balaban J connectivity index is 1.10. The van der Waals surface area contributed by atoms with Gasteiger partial charge in [0.25, 0.3) is 0 Å². The zero-order valence-corrected chi connectivity index (χ0v) is 27.0. The van der Waals surface area contributed by atoms with Gasteiger partial charge in [-0.25, -0.2) is 9.97 Å². The number of hydrogen-bond acceptors (Lipinski definition) is 3. The number of benzene rings is 7. The third kappa shape index (κ3) is 4.61. The van der Waals surface area contributed by atoms with Crippen LogP contribution in [0.1, 0.15) is 0 Å². The van der Waals surface area contributed by atoms with Crippen LogP contribution in [0.15, 0.2) is 180 Å². The van der Waals surface area contributed by atoms with Crippen molar-refractivity contribution >= 4 is 43.7 Å². The fraction of sp³-hybridized carbons (Fsp3) is 0. The summed E-state index contributed by atoms with van der Waals surface area (Å²) in [5.41, 5.74) is 12.1.